The Hall–Kier alpha value is -2.62. The number of hydrogen-bond donors (Lipinski definition) is 1. The topological polar surface area (TPSA) is 46.9 Å². The SMILES string of the molecule is CC(=O)NCCn1c(CCc2ccccc2)nc2ccccc21. The molecule has 0 fully saturated rings. The van der Waals surface area contributed by atoms with E-state index in [2.05, 4.69) is 40.2 Å². The van der Waals surface area contributed by atoms with Crippen molar-refractivity contribution >= 4 is 16.9 Å². The Balaban J connectivity index is 1.81. The summed E-state index contributed by atoms with van der Waals surface area (Å²) in [7, 11) is 0. The zero-order chi connectivity index (χ0) is 16.1. The van der Waals surface area contributed by atoms with Crippen LogP contribution in [0.3, 0.4) is 0 Å². The van der Waals surface area contributed by atoms with Crippen molar-refractivity contribution in [1.29, 1.82) is 0 Å². The fourth-order valence-electron chi connectivity index (χ4n) is 2.81. The third-order valence-corrected chi connectivity index (χ3v) is 3.92. The summed E-state index contributed by atoms with van der Waals surface area (Å²) in [6.45, 7) is 2.90. The largest absolute Gasteiger partial charge is 0.355 e. The molecule has 0 aliphatic rings. The van der Waals surface area contributed by atoms with Crippen molar-refractivity contribution < 1.29 is 4.79 Å². The van der Waals surface area contributed by atoms with Crippen LogP contribution in [-0.4, -0.2) is 22.0 Å². The first-order chi connectivity index (χ1) is 11.2. The van der Waals surface area contributed by atoms with E-state index in [1.807, 2.05) is 24.3 Å². The van der Waals surface area contributed by atoms with E-state index in [0.29, 0.717) is 6.54 Å². The number of rotatable bonds is 6. The standard InChI is InChI=1S/C19H21N3O/c1-15(23)20-13-14-22-18-10-6-5-9-17(18)21-19(22)12-11-16-7-3-2-4-8-16/h2-10H,11-14H2,1H3,(H,20,23). The number of amides is 1. The quantitative estimate of drug-likeness (QED) is 0.761. The fourth-order valence-corrected chi connectivity index (χ4v) is 2.81. The molecule has 0 radical (unpaired) electrons. The number of para-hydroxylation sites is 2. The minimum Gasteiger partial charge on any atom is -0.355 e. The minimum absolute atomic E-state index is 0.000237. The van der Waals surface area contributed by atoms with E-state index in [1.165, 1.54) is 5.56 Å². The van der Waals surface area contributed by atoms with E-state index >= 15 is 0 Å². The molecular formula is C19H21N3O. The highest BCUT2D eigenvalue weighted by molar-refractivity contribution is 5.76. The highest BCUT2D eigenvalue weighted by atomic mass is 16.1. The van der Waals surface area contributed by atoms with Crippen LogP contribution >= 0.6 is 0 Å². The maximum absolute atomic E-state index is 11.1. The maximum Gasteiger partial charge on any atom is 0.216 e. The van der Waals surface area contributed by atoms with Crippen LogP contribution in [0.25, 0.3) is 11.0 Å². The molecule has 4 nitrogen and oxygen atoms in total. The second kappa shape index (κ2) is 7.09. The maximum atomic E-state index is 11.1. The molecule has 1 N–H and O–H groups in total. The van der Waals surface area contributed by atoms with Gasteiger partial charge < -0.3 is 9.88 Å². The lowest BCUT2D eigenvalue weighted by Crippen LogP contribution is -2.25. The highest BCUT2D eigenvalue weighted by Crippen LogP contribution is 2.17. The predicted molar refractivity (Wildman–Crippen MR) is 92.3 cm³/mol. The van der Waals surface area contributed by atoms with Gasteiger partial charge in [0.15, 0.2) is 0 Å². The molecule has 3 aromatic rings. The van der Waals surface area contributed by atoms with Gasteiger partial charge in [-0.15, -0.1) is 0 Å². The number of aryl methyl sites for hydroxylation is 2. The highest BCUT2D eigenvalue weighted by Gasteiger charge is 2.10. The molecule has 0 unspecified atom stereocenters. The van der Waals surface area contributed by atoms with Crippen molar-refractivity contribution in [2.75, 3.05) is 6.54 Å². The van der Waals surface area contributed by atoms with Gasteiger partial charge in [-0.25, -0.2) is 4.98 Å². The number of fused-ring (bicyclic) bond motifs is 1. The molecule has 0 aliphatic heterocycles. The fraction of sp³-hybridized carbons (Fsp3) is 0.263. The Bertz CT molecular complexity index is 793. The monoisotopic (exact) mass is 307 g/mol. The van der Waals surface area contributed by atoms with Crippen molar-refractivity contribution in [3.05, 3.63) is 66.0 Å². The third kappa shape index (κ3) is 3.77. The van der Waals surface area contributed by atoms with E-state index in [9.17, 15) is 4.79 Å². The Labute approximate surface area is 136 Å². The van der Waals surface area contributed by atoms with Crippen LogP contribution in [0.5, 0.6) is 0 Å². The summed E-state index contributed by atoms with van der Waals surface area (Å²) >= 11 is 0. The van der Waals surface area contributed by atoms with Gasteiger partial charge in [0.05, 0.1) is 11.0 Å². The van der Waals surface area contributed by atoms with Crippen molar-refractivity contribution in [2.24, 2.45) is 0 Å². The Kier molecular flexibility index (Phi) is 4.71. The van der Waals surface area contributed by atoms with Crippen molar-refractivity contribution in [2.45, 2.75) is 26.3 Å². The lowest BCUT2D eigenvalue weighted by molar-refractivity contribution is -0.118. The zero-order valence-corrected chi connectivity index (χ0v) is 13.3. The van der Waals surface area contributed by atoms with Crippen LogP contribution in [0.1, 0.15) is 18.3 Å². The predicted octanol–water partition coefficient (Wildman–Crippen LogP) is 2.96. The molecule has 0 aliphatic carbocycles. The average Bonchev–Trinajstić information content (AvgIpc) is 2.92. The van der Waals surface area contributed by atoms with Gasteiger partial charge in [0, 0.05) is 26.4 Å². The lowest BCUT2D eigenvalue weighted by atomic mass is 10.1. The van der Waals surface area contributed by atoms with E-state index in [-0.39, 0.29) is 5.91 Å². The van der Waals surface area contributed by atoms with Crippen LogP contribution in [0.15, 0.2) is 54.6 Å². The van der Waals surface area contributed by atoms with Gasteiger partial charge in [0.2, 0.25) is 5.91 Å². The molecule has 23 heavy (non-hydrogen) atoms. The van der Waals surface area contributed by atoms with Gasteiger partial charge in [-0.2, -0.15) is 0 Å². The van der Waals surface area contributed by atoms with Crippen molar-refractivity contribution in [3.63, 3.8) is 0 Å². The first-order valence-corrected chi connectivity index (χ1v) is 7.96. The molecule has 1 heterocycles. The number of hydrogen-bond acceptors (Lipinski definition) is 2. The molecule has 1 aromatic heterocycles. The van der Waals surface area contributed by atoms with E-state index in [4.69, 9.17) is 4.98 Å². The van der Waals surface area contributed by atoms with Crippen molar-refractivity contribution in [3.8, 4) is 0 Å². The molecule has 0 spiro atoms. The summed E-state index contributed by atoms with van der Waals surface area (Å²) in [5.41, 5.74) is 3.45. The van der Waals surface area contributed by atoms with E-state index < -0.39 is 0 Å². The third-order valence-electron chi connectivity index (χ3n) is 3.92. The number of nitrogens with one attached hydrogen (secondary N) is 1. The number of aromatic nitrogens is 2. The first-order valence-electron chi connectivity index (χ1n) is 7.96. The molecule has 4 heteroatoms. The zero-order valence-electron chi connectivity index (χ0n) is 13.3. The Morgan fingerprint density at radius 3 is 2.57 bits per heavy atom. The number of benzene rings is 2. The molecule has 0 atom stereocenters. The number of nitrogens with zero attached hydrogens (tertiary/aromatic N) is 2. The van der Waals surface area contributed by atoms with E-state index in [1.54, 1.807) is 6.92 Å². The lowest BCUT2D eigenvalue weighted by Gasteiger charge is -2.10. The molecule has 118 valence electrons. The Morgan fingerprint density at radius 1 is 1.04 bits per heavy atom. The first kappa shape index (κ1) is 15.3. The summed E-state index contributed by atoms with van der Waals surface area (Å²) in [5.74, 6) is 1.07. The summed E-state index contributed by atoms with van der Waals surface area (Å²) in [5, 5.41) is 2.86. The number of carbonyl (C=O) groups excluding carboxylic acids is 1. The van der Waals surface area contributed by atoms with Crippen LogP contribution < -0.4 is 5.32 Å². The molecule has 1 amide bonds. The van der Waals surface area contributed by atoms with Crippen LogP contribution in [0.2, 0.25) is 0 Å². The number of carbonyl (C=O) groups is 1. The van der Waals surface area contributed by atoms with Gasteiger partial charge in [-0.1, -0.05) is 42.5 Å². The molecule has 2 aromatic carbocycles. The number of imidazole rings is 1. The minimum atomic E-state index is 0.000237. The van der Waals surface area contributed by atoms with Crippen molar-refractivity contribution in [1.82, 2.24) is 14.9 Å². The smallest absolute Gasteiger partial charge is 0.216 e. The molecule has 3 rings (SSSR count). The molecule has 0 saturated carbocycles. The summed E-state index contributed by atoms with van der Waals surface area (Å²) in [6, 6.07) is 18.6. The molecular weight excluding hydrogens is 286 g/mol. The normalized spacial score (nSPS) is 10.8. The summed E-state index contributed by atoms with van der Waals surface area (Å²) in [4.78, 5) is 15.9. The average molecular weight is 307 g/mol. The van der Waals surface area contributed by atoms with E-state index in [0.717, 1.165) is 36.2 Å². The second-order valence-electron chi connectivity index (χ2n) is 5.64. The summed E-state index contributed by atoms with van der Waals surface area (Å²) < 4.78 is 2.22. The summed E-state index contributed by atoms with van der Waals surface area (Å²) in [6.07, 6.45) is 1.85. The van der Waals surface area contributed by atoms with Crippen LogP contribution in [0, 0.1) is 0 Å². The Morgan fingerprint density at radius 2 is 1.78 bits per heavy atom. The van der Waals surface area contributed by atoms with Gasteiger partial charge in [0.25, 0.3) is 0 Å². The van der Waals surface area contributed by atoms with Crippen LogP contribution in [0.4, 0.5) is 0 Å². The van der Waals surface area contributed by atoms with Gasteiger partial charge in [-0.3, -0.25) is 4.79 Å². The van der Waals surface area contributed by atoms with Gasteiger partial charge in [-0.05, 0) is 24.1 Å². The second-order valence-corrected chi connectivity index (χ2v) is 5.64. The molecule has 0 bridgehead atoms. The van der Waals surface area contributed by atoms with Gasteiger partial charge in [0.1, 0.15) is 5.82 Å². The van der Waals surface area contributed by atoms with Gasteiger partial charge >= 0.3 is 0 Å². The molecule has 0 saturated heterocycles. The van der Waals surface area contributed by atoms with Crippen LogP contribution in [-0.2, 0) is 24.2 Å².